The van der Waals surface area contributed by atoms with Crippen molar-refractivity contribution in [1.82, 2.24) is 10.3 Å². The first kappa shape index (κ1) is 16.0. The van der Waals surface area contributed by atoms with Gasteiger partial charge in [-0.25, -0.2) is 10.0 Å². The van der Waals surface area contributed by atoms with Gasteiger partial charge in [-0.2, -0.15) is 10.5 Å². The van der Waals surface area contributed by atoms with Crippen molar-refractivity contribution in [3.05, 3.63) is 30.3 Å². The van der Waals surface area contributed by atoms with E-state index in [-0.39, 0.29) is 24.8 Å². The SMILES string of the molecule is CC1N=C(C(=O)N(CC#N)CC#N)NN(c2ccccc2)C1=O. The molecule has 1 heterocycles. The van der Waals surface area contributed by atoms with Crippen LogP contribution in [0.15, 0.2) is 35.3 Å². The second-order valence-electron chi connectivity index (χ2n) is 4.75. The van der Waals surface area contributed by atoms with Crippen molar-refractivity contribution in [1.29, 1.82) is 10.5 Å². The Morgan fingerprint density at radius 3 is 2.48 bits per heavy atom. The largest absolute Gasteiger partial charge is 0.309 e. The summed E-state index contributed by atoms with van der Waals surface area (Å²) in [6.45, 7) is 1.10. The number of carbonyl (C=O) groups is 2. The highest BCUT2D eigenvalue weighted by Gasteiger charge is 2.32. The summed E-state index contributed by atoms with van der Waals surface area (Å²) in [7, 11) is 0. The molecule has 8 nitrogen and oxygen atoms in total. The number of nitrogens with zero attached hydrogens (tertiary/aromatic N) is 5. The van der Waals surface area contributed by atoms with Crippen LogP contribution in [0.1, 0.15) is 6.92 Å². The van der Waals surface area contributed by atoms with Crippen molar-refractivity contribution in [3.63, 3.8) is 0 Å². The van der Waals surface area contributed by atoms with Gasteiger partial charge in [-0.1, -0.05) is 18.2 Å². The van der Waals surface area contributed by atoms with Gasteiger partial charge >= 0.3 is 0 Å². The van der Waals surface area contributed by atoms with Crippen molar-refractivity contribution >= 4 is 23.3 Å². The predicted molar refractivity (Wildman–Crippen MR) is 81.8 cm³/mol. The Labute approximate surface area is 133 Å². The zero-order valence-corrected chi connectivity index (χ0v) is 12.4. The van der Waals surface area contributed by atoms with Crippen molar-refractivity contribution < 1.29 is 9.59 Å². The third-order valence-electron chi connectivity index (χ3n) is 3.15. The second kappa shape index (κ2) is 7.05. The number of aliphatic imine (C=N–C) groups is 1. The monoisotopic (exact) mass is 310 g/mol. The molecular weight excluding hydrogens is 296 g/mol. The number of anilines is 1. The van der Waals surface area contributed by atoms with E-state index in [9.17, 15) is 9.59 Å². The number of hydrogen-bond donors (Lipinski definition) is 1. The van der Waals surface area contributed by atoms with Crippen LogP contribution < -0.4 is 10.4 Å². The summed E-state index contributed by atoms with van der Waals surface area (Å²) in [5.41, 5.74) is 3.24. The maximum atomic E-state index is 12.4. The lowest BCUT2D eigenvalue weighted by atomic mass is 10.2. The molecule has 116 valence electrons. The molecule has 0 aliphatic carbocycles. The molecule has 2 amide bonds. The van der Waals surface area contributed by atoms with Gasteiger partial charge in [0.1, 0.15) is 19.1 Å². The van der Waals surface area contributed by atoms with E-state index in [1.54, 1.807) is 31.2 Å². The molecule has 0 bridgehead atoms. The standard InChI is InChI=1S/C15H14N6O2/c1-11-14(22)21(12-5-3-2-4-6-12)19-13(18-11)15(23)20(9-7-16)10-8-17/h2-6,11H,9-10H2,1H3,(H,18,19). The number of nitriles is 2. The van der Waals surface area contributed by atoms with Gasteiger partial charge in [0.15, 0.2) is 0 Å². The van der Waals surface area contributed by atoms with Crippen LogP contribution in [0, 0.1) is 22.7 Å². The molecule has 1 unspecified atom stereocenters. The first-order chi connectivity index (χ1) is 11.1. The Kier molecular flexibility index (Phi) is 4.90. The number of para-hydroxylation sites is 1. The molecule has 1 atom stereocenters. The minimum absolute atomic E-state index is 0.0774. The van der Waals surface area contributed by atoms with Crippen LogP contribution in [0.25, 0.3) is 0 Å². The third kappa shape index (κ3) is 3.44. The Balaban J connectivity index is 2.28. The molecule has 1 aliphatic heterocycles. The predicted octanol–water partition coefficient (Wildman–Crippen LogP) is 0.201. The molecule has 2 rings (SSSR count). The van der Waals surface area contributed by atoms with Gasteiger partial charge in [-0.05, 0) is 19.1 Å². The normalized spacial score (nSPS) is 16.7. The summed E-state index contributed by atoms with van der Waals surface area (Å²) in [6.07, 6.45) is 0. The number of amides is 2. The summed E-state index contributed by atoms with van der Waals surface area (Å²) in [5.74, 6) is -0.986. The lowest BCUT2D eigenvalue weighted by Gasteiger charge is -2.31. The first-order valence-electron chi connectivity index (χ1n) is 6.85. The van der Waals surface area contributed by atoms with Crippen LogP contribution in [-0.2, 0) is 9.59 Å². The molecule has 1 aromatic carbocycles. The van der Waals surface area contributed by atoms with Crippen LogP contribution in [-0.4, -0.2) is 41.7 Å². The number of rotatable bonds is 4. The molecule has 1 N–H and O–H groups in total. The minimum Gasteiger partial charge on any atom is -0.309 e. The molecule has 0 saturated heterocycles. The maximum Gasteiger partial charge on any atom is 0.292 e. The Morgan fingerprint density at radius 2 is 1.91 bits per heavy atom. The average molecular weight is 310 g/mol. The summed E-state index contributed by atoms with van der Waals surface area (Å²) < 4.78 is 0. The average Bonchev–Trinajstić information content (AvgIpc) is 2.57. The molecule has 0 aromatic heterocycles. The number of nitrogens with one attached hydrogen (secondary N) is 1. The van der Waals surface area contributed by atoms with E-state index in [4.69, 9.17) is 10.5 Å². The summed E-state index contributed by atoms with van der Waals surface area (Å²) in [4.78, 5) is 29.7. The Morgan fingerprint density at radius 1 is 1.30 bits per heavy atom. The smallest absolute Gasteiger partial charge is 0.292 e. The number of hydrogen-bond acceptors (Lipinski definition) is 6. The van der Waals surface area contributed by atoms with Gasteiger partial charge in [0.2, 0.25) is 5.84 Å². The van der Waals surface area contributed by atoms with E-state index >= 15 is 0 Å². The number of amidine groups is 1. The van der Waals surface area contributed by atoms with Gasteiger partial charge in [0, 0.05) is 0 Å². The van der Waals surface area contributed by atoms with Crippen LogP contribution in [0.3, 0.4) is 0 Å². The Hall–Kier alpha value is -3.39. The molecular formula is C15H14N6O2. The Bertz CT molecular complexity index is 700. The van der Waals surface area contributed by atoms with Crippen LogP contribution in [0.4, 0.5) is 5.69 Å². The molecule has 0 spiro atoms. The zero-order chi connectivity index (χ0) is 16.8. The second-order valence-corrected chi connectivity index (χ2v) is 4.75. The van der Waals surface area contributed by atoms with E-state index < -0.39 is 11.9 Å². The molecule has 0 fully saturated rings. The molecule has 1 aliphatic rings. The van der Waals surface area contributed by atoms with Crippen molar-refractivity contribution in [2.24, 2.45) is 4.99 Å². The fraction of sp³-hybridized carbons (Fsp3) is 0.267. The maximum absolute atomic E-state index is 12.4. The summed E-state index contributed by atoms with van der Waals surface area (Å²) >= 11 is 0. The minimum atomic E-state index is -0.749. The van der Waals surface area contributed by atoms with E-state index in [2.05, 4.69) is 10.4 Å². The number of carbonyl (C=O) groups excluding carboxylic acids is 2. The van der Waals surface area contributed by atoms with Gasteiger partial charge in [-0.15, -0.1) is 0 Å². The highest BCUT2D eigenvalue weighted by Crippen LogP contribution is 2.16. The summed E-state index contributed by atoms with van der Waals surface area (Å²) in [5, 5.41) is 18.8. The van der Waals surface area contributed by atoms with Crippen LogP contribution in [0.2, 0.25) is 0 Å². The molecule has 0 saturated carbocycles. The van der Waals surface area contributed by atoms with Gasteiger partial charge in [0.05, 0.1) is 17.8 Å². The van der Waals surface area contributed by atoms with Gasteiger partial charge in [-0.3, -0.25) is 15.0 Å². The first-order valence-corrected chi connectivity index (χ1v) is 6.85. The van der Waals surface area contributed by atoms with Crippen LogP contribution >= 0.6 is 0 Å². The molecule has 23 heavy (non-hydrogen) atoms. The van der Waals surface area contributed by atoms with E-state index in [0.29, 0.717) is 5.69 Å². The number of benzene rings is 1. The fourth-order valence-corrected chi connectivity index (χ4v) is 2.02. The molecule has 8 heteroatoms. The number of hydrazine groups is 1. The highest BCUT2D eigenvalue weighted by molar-refractivity contribution is 6.39. The fourth-order valence-electron chi connectivity index (χ4n) is 2.02. The molecule has 1 aromatic rings. The van der Waals surface area contributed by atoms with Crippen molar-refractivity contribution in [3.8, 4) is 12.1 Å². The third-order valence-corrected chi connectivity index (χ3v) is 3.15. The van der Waals surface area contributed by atoms with Gasteiger partial charge in [0.25, 0.3) is 11.8 Å². The van der Waals surface area contributed by atoms with Crippen LogP contribution in [0.5, 0.6) is 0 Å². The van der Waals surface area contributed by atoms with E-state index in [1.807, 2.05) is 18.2 Å². The quantitative estimate of drug-likeness (QED) is 0.798. The van der Waals surface area contributed by atoms with Crippen molar-refractivity contribution in [2.75, 3.05) is 18.1 Å². The molecule has 0 radical (unpaired) electrons. The van der Waals surface area contributed by atoms with Gasteiger partial charge < -0.3 is 4.90 Å². The lowest BCUT2D eigenvalue weighted by molar-refractivity contribution is -0.123. The van der Waals surface area contributed by atoms with Crippen molar-refractivity contribution in [2.45, 2.75) is 13.0 Å². The lowest BCUT2D eigenvalue weighted by Crippen LogP contribution is -2.58. The highest BCUT2D eigenvalue weighted by atomic mass is 16.2. The van der Waals surface area contributed by atoms with E-state index in [0.717, 1.165) is 4.90 Å². The zero-order valence-electron chi connectivity index (χ0n) is 12.4. The van der Waals surface area contributed by atoms with E-state index in [1.165, 1.54) is 5.01 Å². The summed E-state index contributed by atoms with van der Waals surface area (Å²) in [6, 6.07) is 11.7. The topological polar surface area (TPSA) is 113 Å².